The number of benzene rings is 1. The molecule has 1 heterocycles. The van der Waals surface area contributed by atoms with Crippen molar-refractivity contribution in [3.05, 3.63) is 47.0 Å². The van der Waals surface area contributed by atoms with Gasteiger partial charge in [-0.1, -0.05) is 30.7 Å². The quantitative estimate of drug-likeness (QED) is 0.299. The molecule has 4 aliphatic rings. The van der Waals surface area contributed by atoms with Crippen molar-refractivity contribution in [1.29, 1.82) is 0 Å². The van der Waals surface area contributed by atoms with E-state index in [4.69, 9.17) is 9.47 Å². The fourth-order valence-corrected chi connectivity index (χ4v) is 7.92. The van der Waals surface area contributed by atoms with Gasteiger partial charge in [-0.3, -0.25) is 0 Å². The molecule has 3 fully saturated rings. The lowest BCUT2D eigenvalue weighted by molar-refractivity contribution is -0.340. The van der Waals surface area contributed by atoms with Crippen LogP contribution in [0.2, 0.25) is 0 Å². The van der Waals surface area contributed by atoms with Crippen LogP contribution in [0, 0.1) is 16.7 Å². The van der Waals surface area contributed by atoms with Gasteiger partial charge in [0, 0.05) is 17.8 Å². The molecule has 5 N–H and O–H groups in total. The van der Waals surface area contributed by atoms with Crippen LogP contribution in [0.3, 0.4) is 0 Å². The summed E-state index contributed by atoms with van der Waals surface area (Å²) >= 11 is 0. The number of cyclic esters (lactones) is 1. The molecule has 0 amide bonds. The summed E-state index contributed by atoms with van der Waals surface area (Å²) in [6.45, 7) is 5.62. The van der Waals surface area contributed by atoms with Crippen LogP contribution in [0.4, 0.5) is 0 Å². The third-order valence-electron chi connectivity index (χ3n) is 9.81. The minimum absolute atomic E-state index is 0.242. The van der Waals surface area contributed by atoms with Crippen molar-refractivity contribution in [2.24, 2.45) is 16.7 Å². The molecule has 0 spiro atoms. The van der Waals surface area contributed by atoms with Gasteiger partial charge < -0.3 is 35.0 Å². The summed E-state index contributed by atoms with van der Waals surface area (Å²) < 4.78 is 12.1. The van der Waals surface area contributed by atoms with Gasteiger partial charge in [0.1, 0.15) is 17.3 Å². The van der Waals surface area contributed by atoms with Crippen LogP contribution < -0.4 is 0 Å². The number of aliphatic hydroxyl groups is 5. The van der Waals surface area contributed by atoms with Gasteiger partial charge in [-0.2, -0.15) is 0 Å². The fourth-order valence-electron chi connectivity index (χ4n) is 7.92. The van der Waals surface area contributed by atoms with Crippen molar-refractivity contribution in [3.8, 4) is 0 Å². The van der Waals surface area contributed by atoms with E-state index in [0.29, 0.717) is 24.0 Å². The van der Waals surface area contributed by atoms with E-state index in [9.17, 15) is 35.1 Å². The van der Waals surface area contributed by atoms with Crippen LogP contribution in [0.25, 0.3) is 0 Å². The second-order valence-electron chi connectivity index (χ2n) is 11.6. The van der Waals surface area contributed by atoms with Gasteiger partial charge in [0.15, 0.2) is 5.60 Å². The zero-order valence-corrected chi connectivity index (χ0v) is 20.9. The Kier molecular flexibility index (Phi) is 5.36. The van der Waals surface area contributed by atoms with Crippen LogP contribution in [-0.2, 0) is 14.3 Å². The van der Waals surface area contributed by atoms with Crippen LogP contribution >= 0.6 is 0 Å². The number of fused-ring (bicyclic) bond motifs is 2. The van der Waals surface area contributed by atoms with E-state index in [1.165, 1.54) is 6.92 Å². The molecular weight excluding hydrogens is 468 g/mol. The third-order valence-corrected chi connectivity index (χ3v) is 9.81. The average molecular weight is 503 g/mol. The lowest BCUT2D eigenvalue weighted by Gasteiger charge is -2.71. The molecule has 1 aromatic rings. The molecular formula is C27H34O9. The molecule has 8 atom stereocenters. The second-order valence-corrected chi connectivity index (χ2v) is 11.6. The highest BCUT2D eigenvalue weighted by Crippen LogP contribution is 2.74. The van der Waals surface area contributed by atoms with Gasteiger partial charge in [-0.25, -0.2) is 9.59 Å². The first-order chi connectivity index (χ1) is 16.7. The van der Waals surface area contributed by atoms with E-state index in [1.807, 2.05) is 0 Å². The van der Waals surface area contributed by atoms with Crippen LogP contribution in [0.5, 0.6) is 0 Å². The number of hydrogen-bond acceptors (Lipinski definition) is 9. The maximum Gasteiger partial charge on any atom is 0.343 e. The Balaban J connectivity index is 1.84. The van der Waals surface area contributed by atoms with Gasteiger partial charge in [-0.05, 0) is 51.3 Å². The predicted octanol–water partition coefficient (Wildman–Crippen LogP) is 0.860. The molecule has 1 unspecified atom stereocenters. The average Bonchev–Trinajstić information content (AvgIpc) is 3.20. The molecule has 1 aromatic carbocycles. The first-order valence-corrected chi connectivity index (χ1v) is 12.4. The number of carbonyl (C=O) groups excluding carboxylic acids is 2. The van der Waals surface area contributed by atoms with E-state index in [0.717, 1.165) is 0 Å². The molecule has 2 saturated carbocycles. The Labute approximate surface area is 209 Å². The normalized spacial score (nSPS) is 45.0. The zero-order chi connectivity index (χ0) is 26.5. The van der Waals surface area contributed by atoms with Gasteiger partial charge in [0.05, 0.1) is 29.8 Å². The van der Waals surface area contributed by atoms with E-state index >= 15 is 0 Å². The first-order valence-electron chi connectivity index (χ1n) is 12.4. The highest BCUT2D eigenvalue weighted by Gasteiger charge is 2.85. The largest absolute Gasteiger partial charge is 0.457 e. The number of hydrogen-bond donors (Lipinski definition) is 5. The van der Waals surface area contributed by atoms with Gasteiger partial charge in [0.2, 0.25) is 0 Å². The second kappa shape index (κ2) is 7.61. The fraction of sp³-hybridized carbons (Fsp3) is 0.630. The van der Waals surface area contributed by atoms with Gasteiger partial charge in [-0.15, -0.1) is 0 Å². The zero-order valence-electron chi connectivity index (χ0n) is 20.9. The van der Waals surface area contributed by atoms with Crippen molar-refractivity contribution in [1.82, 2.24) is 0 Å². The number of carbonyl (C=O) groups is 2. The molecule has 9 nitrogen and oxygen atoms in total. The summed E-state index contributed by atoms with van der Waals surface area (Å²) in [5.41, 5.74) is -7.84. The van der Waals surface area contributed by atoms with Crippen molar-refractivity contribution < 1.29 is 44.6 Å². The molecule has 2 bridgehead atoms. The number of allylic oxidation sites excluding steroid dienone is 1. The standard InChI is InChI=1S/C27H34O9/c1-14-10-11-25-18(14)27(34,22(32)36-23(25,2)3)24(4)16(29)12-17(30)26(33,13-28)19(24)20(25)35-21(31)15-8-6-5-7-9-15/h5-9,16-17,19-20,28-30,33-34H,10-13H2,1-4H3/t16-,17-,19?,20-,24+,25-,26-,27+/m0/s1. The lowest BCUT2D eigenvalue weighted by atomic mass is 9.38. The molecule has 1 saturated heterocycles. The van der Waals surface area contributed by atoms with Crippen molar-refractivity contribution in [2.75, 3.05) is 6.61 Å². The molecule has 196 valence electrons. The summed E-state index contributed by atoms with van der Waals surface area (Å²) in [5.74, 6) is -3.11. The Morgan fingerprint density at radius 1 is 1.11 bits per heavy atom. The van der Waals surface area contributed by atoms with Crippen molar-refractivity contribution in [3.63, 3.8) is 0 Å². The van der Waals surface area contributed by atoms with Crippen molar-refractivity contribution in [2.45, 2.75) is 82.1 Å². The van der Waals surface area contributed by atoms with Crippen LogP contribution in [0.1, 0.15) is 57.3 Å². The summed E-state index contributed by atoms with van der Waals surface area (Å²) in [4.78, 5) is 27.1. The monoisotopic (exact) mass is 502 g/mol. The Hall–Kier alpha value is -2.30. The topological polar surface area (TPSA) is 154 Å². The minimum Gasteiger partial charge on any atom is -0.457 e. The van der Waals surface area contributed by atoms with Gasteiger partial charge in [0.25, 0.3) is 0 Å². The molecule has 1 aliphatic heterocycles. The molecule has 0 radical (unpaired) electrons. The lowest BCUT2D eigenvalue weighted by Crippen LogP contribution is -2.85. The summed E-state index contributed by atoms with van der Waals surface area (Å²) in [7, 11) is 0. The number of rotatable bonds is 3. The molecule has 5 rings (SSSR count). The van der Waals surface area contributed by atoms with E-state index < -0.39 is 76.8 Å². The maximum absolute atomic E-state index is 13.6. The molecule has 3 aliphatic carbocycles. The molecule has 9 heteroatoms. The minimum atomic E-state index is -2.38. The summed E-state index contributed by atoms with van der Waals surface area (Å²) in [6.07, 6.45) is -4.02. The smallest absolute Gasteiger partial charge is 0.343 e. The molecule has 0 aromatic heterocycles. The highest BCUT2D eigenvalue weighted by atomic mass is 16.6. The number of esters is 2. The maximum atomic E-state index is 13.6. The molecule has 36 heavy (non-hydrogen) atoms. The van der Waals surface area contributed by atoms with Gasteiger partial charge >= 0.3 is 11.9 Å². The Morgan fingerprint density at radius 3 is 2.36 bits per heavy atom. The highest BCUT2D eigenvalue weighted by molar-refractivity contribution is 5.91. The van der Waals surface area contributed by atoms with E-state index in [2.05, 4.69) is 0 Å². The van der Waals surface area contributed by atoms with Crippen molar-refractivity contribution >= 4 is 11.9 Å². The first kappa shape index (κ1) is 25.4. The van der Waals surface area contributed by atoms with E-state index in [1.54, 1.807) is 51.1 Å². The Morgan fingerprint density at radius 2 is 1.75 bits per heavy atom. The third kappa shape index (κ3) is 2.67. The van der Waals surface area contributed by atoms with Crippen LogP contribution in [-0.4, -0.2) is 79.2 Å². The van der Waals surface area contributed by atoms with Crippen LogP contribution in [0.15, 0.2) is 41.5 Å². The van der Waals surface area contributed by atoms with E-state index in [-0.39, 0.29) is 5.56 Å². The summed E-state index contributed by atoms with van der Waals surface area (Å²) in [6, 6.07) is 8.24. The SMILES string of the molecule is CC1=C2[C@@]3(O)C(=O)OC(C)(C)[C@]2(CC1)[C@@H](OC(=O)c1ccccc1)C1[C@](O)(CO)[C@@H](O)C[C@H](O)[C@]13C. The number of aliphatic hydroxyl groups excluding tert-OH is 3. The predicted molar refractivity (Wildman–Crippen MR) is 125 cm³/mol. The summed E-state index contributed by atoms with van der Waals surface area (Å²) in [5, 5.41) is 56.9. The Bertz CT molecular complexity index is 1150. The number of ether oxygens (including phenoxy) is 2.